The van der Waals surface area contributed by atoms with E-state index in [-0.39, 0.29) is 40.3 Å². The molecule has 1 saturated carbocycles. The fourth-order valence-electron chi connectivity index (χ4n) is 3.68. The van der Waals surface area contributed by atoms with Crippen LogP contribution in [0.5, 0.6) is 5.75 Å². The largest absolute Gasteiger partial charge is 0.482 e. The third-order valence-electron chi connectivity index (χ3n) is 5.40. The number of ether oxygens (including phenoxy) is 2. The summed E-state index contributed by atoms with van der Waals surface area (Å²) >= 11 is 6.20. The Kier molecular flexibility index (Phi) is 8.01. The first-order chi connectivity index (χ1) is 14.8. The van der Waals surface area contributed by atoms with Gasteiger partial charge in [0, 0.05) is 32.2 Å². The van der Waals surface area contributed by atoms with Crippen molar-refractivity contribution in [2.75, 3.05) is 39.4 Å². The molecule has 2 fully saturated rings. The molecular weight excluding hydrogens is 446 g/mol. The number of nitrogens with zero attached hydrogens (tertiary/aromatic N) is 2. The van der Waals surface area contributed by atoms with Crippen LogP contribution in [0.1, 0.15) is 32.6 Å². The number of hydrogen-bond acceptors (Lipinski definition) is 6. The van der Waals surface area contributed by atoms with Crippen molar-refractivity contribution in [1.82, 2.24) is 14.5 Å². The van der Waals surface area contributed by atoms with Gasteiger partial charge in [-0.2, -0.15) is 0 Å². The number of carbonyl (C=O) groups is 2. The molecule has 1 aliphatic carbocycles. The van der Waals surface area contributed by atoms with E-state index in [2.05, 4.69) is 4.72 Å². The van der Waals surface area contributed by atoms with E-state index in [1.54, 1.807) is 16.7 Å². The van der Waals surface area contributed by atoms with E-state index in [9.17, 15) is 18.0 Å². The Balaban J connectivity index is 1.51. The fourth-order valence-corrected chi connectivity index (χ4v) is 5.31. The SMILES string of the molecule is CCOC(=O)N1CCN(C(=O)COc2ccc(S(=O)(=O)NC3CCCC3)cc2Cl)CC1. The summed E-state index contributed by atoms with van der Waals surface area (Å²) < 4.78 is 38.3. The van der Waals surface area contributed by atoms with Gasteiger partial charge in [-0.3, -0.25) is 4.79 Å². The van der Waals surface area contributed by atoms with Crippen LogP contribution >= 0.6 is 11.6 Å². The van der Waals surface area contributed by atoms with Crippen molar-refractivity contribution in [1.29, 1.82) is 0 Å². The maximum Gasteiger partial charge on any atom is 0.409 e. The van der Waals surface area contributed by atoms with Crippen molar-refractivity contribution >= 4 is 33.6 Å². The van der Waals surface area contributed by atoms with Gasteiger partial charge in [-0.25, -0.2) is 17.9 Å². The smallest absolute Gasteiger partial charge is 0.409 e. The van der Waals surface area contributed by atoms with E-state index in [4.69, 9.17) is 21.1 Å². The number of nitrogens with one attached hydrogen (secondary N) is 1. The molecule has 9 nitrogen and oxygen atoms in total. The molecule has 3 rings (SSSR count). The standard InChI is InChI=1S/C20H28ClN3O6S/c1-2-29-20(26)24-11-9-23(10-12-24)19(25)14-30-18-8-7-16(13-17(18)21)31(27,28)22-15-5-3-4-6-15/h7-8,13,15,22H,2-6,9-12,14H2,1H3. The summed E-state index contributed by atoms with van der Waals surface area (Å²) in [5.41, 5.74) is 0. The normalized spacial score (nSPS) is 17.6. The van der Waals surface area contributed by atoms with Crippen LogP contribution in [0.4, 0.5) is 4.79 Å². The Morgan fingerprint density at radius 1 is 1.13 bits per heavy atom. The Hall–Kier alpha value is -2.04. The number of rotatable bonds is 7. The van der Waals surface area contributed by atoms with Crippen molar-refractivity contribution in [2.24, 2.45) is 0 Å². The van der Waals surface area contributed by atoms with Crippen molar-refractivity contribution in [2.45, 2.75) is 43.5 Å². The number of benzene rings is 1. The van der Waals surface area contributed by atoms with Gasteiger partial charge in [-0.05, 0) is 38.0 Å². The van der Waals surface area contributed by atoms with E-state index in [0.717, 1.165) is 25.7 Å². The average Bonchev–Trinajstić information content (AvgIpc) is 3.25. The van der Waals surface area contributed by atoms with Crippen LogP contribution in [0.15, 0.2) is 23.1 Å². The lowest BCUT2D eigenvalue weighted by Gasteiger charge is -2.34. The highest BCUT2D eigenvalue weighted by atomic mass is 35.5. The minimum atomic E-state index is -3.66. The minimum Gasteiger partial charge on any atom is -0.482 e. The second kappa shape index (κ2) is 10.5. The van der Waals surface area contributed by atoms with Gasteiger partial charge in [0.15, 0.2) is 6.61 Å². The monoisotopic (exact) mass is 473 g/mol. The molecule has 0 spiro atoms. The molecule has 1 heterocycles. The Morgan fingerprint density at radius 3 is 2.39 bits per heavy atom. The van der Waals surface area contributed by atoms with Crippen LogP contribution in [0.3, 0.4) is 0 Å². The van der Waals surface area contributed by atoms with Crippen molar-refractivity contribution in [3.8, 4) is 5.75 Å². The zero-order chi connectivity index (χ0) is 22.4. The van der Waals surface area contributed by atoms with Crippen LogP contribution in [0.2, 0.25) is 5.02 Å². The van der Waals surface area contributed by atoms with E-state index >= 15 is 0 Å². The molecule has 0 radical (unpaired) electrons. The zero-order valence-corrected chi connectivity index (χ0v) is 19.1. The number of piperazine rings is 1. The summed E-state index contributed by atoms with van der Waals surface area (Å²) in [5, 5.41) is 0.120. The summed E-state index contributed by atoms with van der Waals surface area (Å²) in [7, 11) is -3.66. The minimum absolute atomic E-state index is 0.0402. The van der Waals surface area contributed by atoms with Crippen LogP contribution in [-0.2, 0) is 19.6 Å². The summed E-state index contributed by atoms with van der Waals surface area (Å²) in [6.45, 7) is 3.39. The van der Waals surface area contributed by atoms with Crippen LogP contribution in [0, 0.1) is 0 Å². The maximum atomic E-state index is 12.5. The number of amides is 2. The maximum absolute atomic E-state index is 12.5. The Labute approximate surface area is 187 Å². The molecule has 1 aliphatic heterocycles. The van der Waals surface area contributed by atoms with Gasteiger partial charge in [0.05, 0.1) is 16.5 Å². The molecule has 1 saturated heterocycles. The molecule has 11 heteroatoms. The second-order valence-corrected chi connectivity index (χ2v) is 9.67. The van der Waals surface area contributed by atoms with E-state index < -0.39 is 10.0 Å². The van der Waals surface area contributed by atoms with Gasteiger partial charge in [0.25, 0.3) is 5.91 Å². The predicted molar refractivity (Wildman–Crippen MR) is 115 cm³/mol. The fraction of sp³-hybridized carbons (Fsp3) is 0.600. The number of carbonyl (C=O) groups excluding carboxylic acids is 2. The Morgan fingerprint density at radius 2 is 1.77 bits per heavy atom. The first-order valence-corrected chi connectivity index (χ1v) is 12.3. The molecule has 2 amide bonds. The van der Waals surface area contributed by atoms with Gasteiger partial charge in [-0.15, -0.1) is 0 Å². The third kappa shape index (κ3) is 6.24. The van der Waals surface area contributed by atoms with Gasteiger partial charge in [-0.1, -0.05) is 24.4 Å². The molecule has 0 aromatic heterocycles. The van der Waals surface area contributed by atoms with E-state index in [0.29, 0.717) is 32.8 Å². The highest BCUT2D eigenvalue weighted by Crippen LogP contribution is 2.28. The second-order valence-electron chi connectivity index (χ2n) is 7.55. The van der Waals surface area contributed by atoms with Crippen molar-refractivity contribution < 1.29 is 27.5 Å². The highest BCUT2D eigenvalue weighted by Gasteiger charge is 2.26. The first kappa shape index (κ1) is 23.6. The molecule has 2 aliphatic rings. The highest BCUT2D eigenvalue weighted by molar-refractivity contribution is 7.89. The van der Waals surface area contributed by atoms with Crippen molar-refractivity contribution in [3.63, 3.8) is 0 Å². The number of sulfonamides is 1. The summed E-state index contributed by atoms with van der Waals surface area (Å²) in [6.07, 6.45) is 3.34. The number of hydrogen-bond donors (Lipinski definition) is 1. The summed E-state index contributed by atoms with van der Waals surface area (Å²) in [4.78, 5) is 27.4. The summed E-state index contributed by atoms with van der Waals surface area (Å²) in [5.74, 6) is -0.000772. The lowest BCUT2D eigenvalue weighted by atomic mass is 10.3. The molecule has 0 unspecified atom stereocenters. The lowest BCUT2D eigenvalue weighted by molar-refractivity contribution is -0.134. The van der Waals surface area contributed by atoms with Gasteiger partial charge < -0.3 is 19.3 Å². The van der Waals surface area contributed by atoms with E-state index in [1.165, 1.54) is 18.2 Å². The lowest BCUT2D eigenvalue weighted by Crippen LogP contribution is -2.51. The summed E-state index contributed by atoms with van der Waals surface area (Å²) in [6, 6.07) is 4.16. The molecule has 1 N–H and O–H groups in total. The molecular formula is C20H28ClN3O6S. The van der Waals surface area contributed by atoms with Crippen LogP contribution in [0.25, 0.3) is 0 Å². The van der Waals surface area contributed by atoms with Crippen molar-refractivity contribution in [3.05, 3.63) is 23.2 Å². The van der Waals surface area contributed by atoms with Crippen LogP contribution < -0.4 is 9.46 Å². The molecule has 1 aromatic carbocycles. The molecule has 172 valence electrons. The molecule has 1 aromatic rings. The van der Waals surface area contributed by atoms with E-state index in [1.807, 2.05) is 0 Å². The topological polar surface area (TPSA) is 105 Å². The molecule has 0 bridgehead atoms. The first-order valence-electron chi connectivity index (χ1n) is 10.4. The zero-order valence-electron chi connectivity index (χ0n) is 17.5. The van der Waals surface area contributed by atoms with Gasteiger partial charge in [0.1, 0.15) is 5.75 Å². The van der Waals surface area contributed by atoms with Gasteiger partial charge in [0.2, 0.25) is 10.0 Å². The number of halogens is 1. The van der Waals surface area contributed by atoms with Crippen LogP contribution in [-0.4, -0.2) is 75.7 Å². The third-order valence-corrected chi connectivity index (χ3v) is 7.21. The van der Waals surface area contributed by atoms with Gasteiger partial charge >= 0.3 is 6.09 Å². The average molecular weight is 474 g/mol. The Bertz CT molecular complexity index is 896. The molecule has 0 atom stereocenters. The molecule has 31 heavy (non-hydrogen) atoms. The predicted octanol–water partition coefficient (Wildman–Crippen LogP) is 2.24. The quantitative estimate of drug-likeness (QED) is 0.651.